The van der Waals surface area contributed by atoms with Crippen LogP contribution in [0.25, 0.3) is 6.08 Å². The Hall–Kier alpha value is -3.16. The van der Waals surface area contributed by atoms with Gasteiger partial charge in [-0.1, -0.05) is 29.8 Å². The van der Waals surface area contributed by atoms with Gasteiger partial charge in [-0.05, 0) is 35.9 Å². The van der Waals surface area contributed by atoms with E-state index in [1.807, 2.05) is 0 Å². The van der Waals surface area contributed by atoms with Crippen LogP contribution in [0.3, 0.4) is 0 Å². The molecule has 1 saturated heterocycles. The van der Waals surface area contributed by atoms with Crippen molar-refractivity contribution < 1.29 is 40.4 Å². The number of halogens is 2. The Labute approximate surface area is 181 Å². The summed E-state index contributed by atoms with van der Waals surface area (Å²) in [6, 6.07) is 11.3. The van der Waals surface area contributed by atoms with Gasteiger partial charge in [-0.3, -0.25) is 14.4 Å². The molecule has 0 N–H and O–H groups in total. The lowest BCUT2D eigenvalue weighted by Crippen LogP contribution is -2.33. The van der Waals surface area contributed by atoms with E-state index in [2.05, 4.69) is 0 Å². The molecule has 1 aliphatic heterocycles. The number of ketones is 1. The minimum Gasteiger partial charge on any atom is -0.482 e. The van der Waals surface area contributed by atoms with Crippen molar-refractivity contribution in [3.8, 4) is 5.75 Å². The monoisotopic (exact) mass is 448 g/mol. The summed E-state index contributed by atoms with van der Waals surface area (Å²) in [6.45, 7) is -0.468. The summed E-state index contributed by atoms with van der Waals surface area (Å²) in [6.07, 6.45) is 3.09. The highest BCUT2D eigenvalue weighted by molar-refractivity contribution is 6.31. The molecule has 0 aliphatic carbocycles. The third-order valence-corrected chi connectivity index (χ3v) is 4.86. The average Bonchev–Trinajstić information content (AvgIpc) is 3.05. The van der Waals surface area contributed by atoms with Gasteiger partial charge in [0.05, 0.1) is 0 Å². The fourth-order valence-corrected chi connectivity index (χ4v) is 2.84. The van der Waals surface area contributed by atoms with Crippen LogP contribution in [0.4, 0.5) is 0 Å². The molecule has 0 saturated carbocycles. The first-order valence-electron chi connectivity index (χ1n) is 8.82. The van der Waals surface area contributed by atoms with Crippen LogP contribution in [0.1, 0.15) is 28.8 Å². The predicted molar refractivity (Wildman–Crippen MR) is 104 cm³/mol. The summed E-state index contributed by atoms with van der Waals surface area (Å²) < 4.78 is 5.28. The van der Waals surface area contributed by atoms with Crippen molar-refractivity contribution in [1.29, 1.82) is 0 Å². The number of benzene rings is 2. The molecule has 0 unspecified atom stereocenters. The van der Waals surface area contributed by atoms with Crippen LogP contribution in [0.5, 0.6) is 5.75 Å². The number of carbonyl (C=O) groups excluding carboxylic acids is 4. The molecule has 3 rings (SSSR count). The topological polar surface area (TPSA) is 90.0 Å². The van der Waals surface area contributed by atoms with Crippen LogP contribution in [0.15, 0.2) is 48.5 Å². The third kappa shape index (κ3) is 5.46. The van der Waals surface area contributed by atoms with Crippen LogP contribution in [-0.2, 0) is 19.2 Å². The van der Waals surface area contributed by atoms with E-state index in [4.69, 9.17) is 32.8 Å². The second kappa shape index (κ2) is 9.56. The number of carbonyl (C=O) groups is 4. The van der Waals surface area contributed by atoms with Crippen molar-refractivity contribution in [3.63, 3.8) is 0 Å². The normalized spacial score (nSPS) is 13.7. The largest absolute Gasteiger partial charge is 0.482 e. The Bertz CT molecular complexity index is 1020. The molecule has 0 atom stereocenters. The lowest BCUT2D eigenvalue weighted by Gasteiger charge is -2.12. The highest BCUT2D eigenvalue weighted by Crippen LogP contribution is 2.19. The molecule has 9 heteroatoms. The van der Waals surface area contributed by atoms with Gasteiger partial charge in [0.1, 0.15) is 10.8 Å². The SMILES string of the molecule is O=C(COc1ccc(/C=C/C(=O)c2ccc(Cl)c([ClH+])c2)cc1)ON1C(=O)CCC1=O. The zero-order chi connectivity index (χ0) is 21.7. The molecule has 2 aromatic carbocycles. The predicted octanol–water partition coefficient (Wildman–Crippen LogP) is 2.92. The van der Waals surface area contributed by atoms with Gasteiger partial charge < -0.3 is 9.57 Å². The Morgan fingerprint density at radius 1 is 1.07 bits per heavy atom. The minimum absolute atomic E-state index is 0.0247. The van der Waals surface area contributed by atoms with Crippen LogP contribution in [-0.4, -0.2) is 35.2 Å². The maximum Gasteiger partial charge on any atom is 0.370 e. The van der Waals surface area contributed by atoms with E-state index in [1.54, 1.807) is 48.5 Å². The first-order chi connectivity index (χ1) is 14.3. The fraction of sp³-hybridized carbons (Fsp3) is 0.143. The van der Waals surface area contributed by atoms with E-state index in [0.717, 1.165) is 5.56 Å². The first kappa shape index (κ1) is 21.5. The highest BCUT2D eigenvalue weighted by atomic mass is 35.5. The Morgan fingerprint density at radius 2 is 1.73 bits per heavy atom. The number of rotatable bonds is 7. The lowest BCUT2D eigenvalue weighted by molar-refractivity contribution is -0.288. The van der Waals surface area contributed by atoms with Gasteiger partial charge in [0.2, 0.25) is 5.02 Å². The second-order valence-corrected chi connectivity index (χ2v) is 7.09. The zero-order valence-corrected chi connectivity index (χ0v) is 17.1. The number of hydrogen-bond donors (Lipinski definition) is 0. The van der Waals surface area contributed by atoms with Crippen LogP contribution in [0, 0.1) is 11.6 Å². The molecule has 2 amide bonds. The number of imide groups is 1. The van der Waals surface area contributed by atoms with Crippen molar-refractivity contribution in [2.45, 2.75) is 12.8 Å². The molecule has 0 bridgehead atoms. The van der Waals surface area contributed by atoms with Gasteiger partial charge in [0, 0.05) is 24.5 Å². The second-order valence-electron chi connectivity index (χ2n) is 6.25. The zero-order valence-electron chi connectivity index (χ0n) is 15.5. The summed E-state index contributed by atoms with van der Waals surface area (Å²) in [5.41, 5.74) is 1.17. The Balaban J connectivity index is 1.52. The van der Waals surface area contributed by atoms with E-state index in [1.165, 1.54) is 6.08 Å². The van der Waals surface area contributed by atoms with E-state index in [0.29, 0.717) is 26.4 Å². The Kier molecular flexibility index (Phi) is 6.87. The molecule has 154 valence electrons. The standard InChI is InChI=1S/C21H16Cl2NO6/c22-16-7-4-14(11-17(16)23)18(25)8-3-13-1-5-15(6-2-13)29-12-21(28)30-24-19(26)9-10-20(24)27/h1-8,11,23H,9-10,12H2/q+1/b8-3+. The number of nitrogens with zero attached hydrogens (tertiary/aromatic N) is 1. The molecule has 1 fully saturated rings. The molecular weight excluding hydrogens is 433 g/mol. The van der Waals surface area contributed by atoms with Gasteiger partial charge in [-0.25, -0.2) is 4.79 Å². The van der Waals surface area contributed by atoms with Crippen molar-refractivity contribution >= 4 is 41.2 Å². The number of allylic oxidation sites excluding steroid dienone is 1. The quantitative estimate of drug-likeness (QED) is 0.367. The molecule has 0 aromatic heterocycles. The number of hydrogen-bond acceptors (Lipinski definition) is 6. The molecule has 1 aliphatic rings. The number of ether oxygens (including phenoxy) is 1. The van der Waals surface area contributed by atoms with Gasteiger partial charge in [0.15, 0.2) is 24.0 Å². The van der Waals surface area contributed by atoms with E-state index >= 15 is 0 Å². The van der Waals surface area contributed by atoms with Crippen LogP contribution < -0.4 is 4.74 Å². The van der Waals surface area contributed by atoms with Crippen molar-refractivity contribution in [2.75, 3.05) is 6.61 Å². The maximum atomic E-state index is 12.2. The molecule has 7 nitrogen and oxygen atoms in total. The summed E-state index contributed by atoms with van der Waals surface area (Å²) in [5, 5.41) is 1.30. The van der Waals surface area contributed by atoms with Crippen LogP contribution in [0.2, 0.25) is 10.0 Å². The minimum atomic E-state index is -0.864. The summed E-state index contributed by atoms with van der Waals surface area (Å²) in [5.74, 6) is -1.81. The molecule has 30 heavy (non-hydrogen) atoms. The van der Waals surface area contributed by atoms with E-state index in [9.17, 15) is 19.2 Å². The smallest absolute Gasteiger partial charge is 0.370 e. The number of amides is 2. The van der Waals surface area contributed by atoms with Gasteiger partial charge >= 0.3 is 5.97 Å². The van der Waals surface area contributed by atoms with Gasteiger partial charge in [-0.2, -0.15) is 0 Å². The maximum absolute atomic E-state index is 12.2. The molecule has 1 heterocycles. The van der Waals surface area contributed by atoms with Crippen molar-refractivity contribution in [1.82, 2.24) is 5.06 Å². The number of hydroxylamine groups is 2. The fourth-order valence-electron chi connectivity index (χ4n) is 2.53. The third-order valence-electron chi connectivity index (χ3n) is 4.08. The average molecular weight is 449 g/mol. The van der Waals surface area contributed by atoms with Gasteiger partial charge in [-0.15, -0.1) is 5.06 Å². The van der Waals surface area contributed by atoms with Gasteiger partial charge in [0.25, 0.3) is 11.8 Å². The Morgan fingerprint density at radius 3 is 2.37 bits per heavy atom. The lowest BCUT2D eigenvalue weighted by atomic mass is 10.1. The summed E-state index contributed by atoms with van der Waals surface area (Å²) in [4.78, 5) is 51.5. The molecule has 0 radical (unpaired) electrons. The summed E-state index contributed by atoms with van der Waals surface area (Å²) in [7, 11) is 0. The van der Waals surface area contributed by atoms with E-state index < -0.39 is 24.4 Å². The molecular formula is C21H16Cl2NO6+. The highest BCUT2D eigenvalue weighted by Gasteiger charge is 2.32. The molecule has 0 spiro atoms. The van der Waals surface area contributed by atoms with Crippen molar-refractivity contribution in [2.24, 2.45) is 0 Å². The van der Waals surface area contributed by atoms with Crippen LogP contribution >= 0.6 is 11.6 Å². The van der Waals surface area contributed by atoms with E-state index in [-0.39, 0.29) is 18.6 Å². The first-order valence-corrected chi connectivity index (χ1v) is 9.60. The summed E-state index contributed by atoms with van der Waals surface area (Å²) >= 11 is 10.9. The molecule has 2 aromatic rings. The van der Waals surface area contributed by atoms with Crippen molar-refractivity contribution in [3.05, 3.63) is 69.7 Å².